The zero-order valence-corrected chi connectivity index (χ0v) is 14.9. The van der Waals surface area contributed by atoms with Gasteiger partial charge in [0.25, 0.3) is 0 Å². The molecule has 1 fully saturated rings. The van der Waals surface area contributed by atoms with Gasteiger partial charge in [0.1, 0.15) is 0 Å². The van der Waals surface area contributed by atoms with Crippen LogP contribution in [0, 0.1) is 0 Å². The smallest absolute Gasteiger partial charge is 0.307 e. The van der Waals surface area contributed by atoms with E-state index in [0.29, 0.717) is 6.42 Å². The molecule has 1 N–H and O–H groups in total. The number of piperidine rings is 1. The van der Waals surface area contributed by atoms with Gasteiger partial charge in [-0.25, -0.2) is 4.68 Å². The van der Waals surface area contributed by atoms with Gasteiger partial charge in [-0.1, -0.05) is 12.1 Å². The van der Waals surface area contributed by atoms with Crippen LogP contribution in [-0.4, -0.2) is 53.4 Å². The lowest BCUT2D eigenvalue weighted by Gasteiger charge is -2.41. The number of esters is 1. The van der Waals surface area contributed by atoms with E-state index < -0.39 is 0 Å². The molecule has 0 amide bonds. The van der Waals surface area contributed by atoms with Crippen molar-refractivity contribution < 1.29 is 9.53 Å². The number of likely N-dealkylation sites (tertiary alicyclic amines) is 1. The fraction of sp³-hybridized carbons (Fsp3) is 0.474. The van der Waals surface area contributed by atoms with Gasteiger partial charge < -0.3 is 15.0 Å². The lowest BCUT2D eigenvalue weighted by atomic mass is 9.84. The molecule has 0 radical (unpaired) electrons. The maximum absolute atomic E-state index is 11.9. The van der Waals surface area contributed by atoms with Crippen molar-refractivity contribution in [2.45, 2.75) is 31.3 Å². The summed E-state index contributed by atoms with van der Waals surface area (Å²) >= 11 is 0. The van der Waals surface area contributed by atoms with E-state index in [1.165, 1.54) is 12.7 Å². The van der Waals surface area contributed by atoms with Crippen LogP contribution in [0.2, 0.25) is 0 Å². The lowest BCUT2D eigenvalue weighted by molar-refractivity contribution is -0.143. The van der Waals surface area contributed by atoms with Crippen molar-refractivity contribution >= 4 is 5.97 Å². The highest BCUT2D eigenvalue weighted by molar-refractivity contribution is 5.70. The van der Waals surface area contributed by atoms with Gasteiger partial charge in [-0.15, -0.1) is 0 Å². The van der Waals surface area contributed by atoms with Gasteiger partial charge in [-0.2, -0.15) is 5.10 Å². The van der Waals surface area contributed by atoms with Gasteiger partial charge in [0.2, 0.25) is 0 Å². The highest BCUT2D eigenvalue weighted by atomic mass is 16.5. The first-order valence-electron chi connectivity index (χ1n) is 8.70. The summed E-state index contributed by atoms with van der Waals surface area (Å²) in [6, 6.07) is 10.2. The topological polar surface area (TPSA) is 59.4 Å². The Kier molecular flexibility index (Phi) is 5.50. The second-order valence-electron chi connectivity index (χ2n) is 6.81. The molecule has 0 unspecified atom stereocenters. The standard InChI is InChI=1S/C19H26N4O2/c1-22-11-7-19(8-12-22,14-18(24)25-2)20-15-16-5-3-6-17(13-16)23-10-4-9-21-23/h3-6,9-10,13,20H,7-8,11-12,14-15H2,1-2H3. The Labute approximate surface area is 148 Å². The van der Waals surface area contributed by atoms with Gasteiger partial charge >= 0.3 is 5.97 Å². The van der Waals surface area contributed by atoms with Crippen molar-refractivity contribution in [3.05, 3.63) is 48.3 Å². The summed E-state index contributed by atoms with van der Waals surface area (Å²) in [6.45, 7) is 2.68. The summed E-state index contributed by atoms with van der Waals surface area (Å²) in [6.07, 6.45) is 6.00. The molecule has 1 aliphatic heterocycles. The molecule has 0 spiro atoms. The van der Waals surface area contributed by atoms with Crippen LogP contribution in [0.3, 0.4) is 0 Å². The van der Waals surface area contributed by atoms with Crippen LogP contribution in [0.15, 0.2) is 42.7 Å². The quantitative estimate of drug-likeness (QED) is 0.814. The number of methoxy groups -OCH3 is 1. The van der Waals surface area contributed by atoms with Crippen molar-refractivity contribution in [3.63, 3.8) is 0 Å². The van der Waals surface area contributed by atoms with Gasteiger partial charge in [-0.3, -0.25) is 4.79 Å². The summed E-state index contributed by atoms with van der Waals surface area (Å²) < 4.78 is 6.77. The van der Waals surface area contributed by atoms with E-state index in [2.05, 4.69) is 34.5 Å². The highest BCUT2D eigenvalue weighted by Gasteiger charge is 2.35. The zero-order valence-electron chi connectivity index (χ0n) is 14.9. The van der Waals surface area contributed by atoms with Gasteiger partial charge in [-0.05, 0) is 56.7 Å². The Bertz CT molecular complexity index is 691. The van der Waals surface area contributed by atoms with Crippen LogP contribution < -0.4 is 5.32 Å². The number of carbonyl (C=O) groups is 1. The molecule has 2 aromatic rings. The average Bonchev–Trinajstić information content (AvgIpc) is 3.17. The third-order valence-corrected chi connectivity index (χ3v) is 5.00. The molecule has 1 aromatic heterocycles. The molecule has 6 heteroatoms. The fourth-order valence-electron chi connectivity index (χ4n) is 3.33. The Hall–Kier alpha value is -2.18. The third kappa shape index (κ3) is 4.46. The second kappa shape index (κ2) is 7.80. The Morgan fingerprint density at radius 1 is 1.32 bits per heavy atom. The minimum Gasteiger partial charge on any atom is -0.469 e. The molecule has 3 rings (SSSR count). The molecule has 0 saturated carbocycles. The van der Waals surface area contributed by atoms with Crippen LogP contribution in [0.4, 0.5) is 0 Å². The van der Waals surface area contributed by atoms with Crippen molar-refractivity contribution in [1.29, 1.82) is 0 Å². The minimum absolute atomic E-state index is 0.151. The normalized spacial score (nSPS) is 17.4. The SMILES string of the molecule is COC(=O)CC1(NCc2cccc(-n3cccn3)c2)CCN(C)CC1. The van der Waals surface area contributed by atoms with Crippen LogP contribution in [0.25, 0.3) is 5.69 Å². The molecule has 0 bridgehead atoms. The van der Waals surface area contributed by atoms with Gasteiger partial charge in [0, 0.05) is 24.5 Å². The van der Waals surface area contributed by atoms with Crippen molar-refractivity contribution in [1.82, 2.24) is 20.0 Å². The Balaban J connectivity index is 1.70. The van der Waals surface area contributed by atoms with Crippen LogP contribution in [0.5, 0.6) is 0 Å². The molecule has 0 aliphatic carbocycles. The monoisotopic (exact) mass is 342 g/mol. The molecule has 134 valence electrons. The Morgan fingerprint density at radius 3 is 2.80 bits per heavy atom. The fourth-order valence-corrected chi connectivity index (χ4v) is 3.33. The maximum Gasteiger partial charge on any atom is 0.307 e. The molecule has 1 aromatic carbocycles. The largest absolute Gasteiger partial charge is 0.469 e. The van der Waals surface area contributed by atoms with E-state index in [9.17, 15) is 4.79 Å². The molecule has 2 heterocycles. The van der Waals surface area contributed by atoms with E-state index >= 15 is 0 Å². The molecule has 1 saturated heterocycles. The first-order valence-corrected chi connectivity index (χ1v) is 8.70. The number of hydrogen-bond donors (Lipinski definition) is 1. The number of carbonyl (C=O) groups excluding carboxylic acids is 1. The Morgan fingerprint density at radius 2 is 2.12 bits per heavy atom. The predicted molar refractivity (Wildman–Crippen MR) is 96.5 cm³/mol. The maximum atomic E-state index is 11.9. The number of rotatable bonds is 6. The van der Waals surface area contributed by atoms with Gasteiger partial charge in [0.05, 0.1) is 19.2 Å². The average molecular weight is 342 g/mol. The lowest BCUT2D eigenvalue weighted by Crippen LogP contribution is -2.53. The summed E-state index contributed by atoms with van der Waals surface area (Å²) in [5, 5.41) is 7.93. The number of nitrogens with zero attached hydrogens (tertiary/aromatic N) is 3. The summed E-state index contributed by atoms with van der Waals surface area (Å²) in [7, 11) is 3.58. The van der Waals surface area contributed by atoms with Crippen LogP contribution >= 0.6 is 0 Å². The molecule has 25 heavy (non-hydrogen) atoms. The van der Waals surface area contributed by atoms with Crippen molar-refractivity contribution in [2.75, 3.05) is 27.2 Å². The zero-order chi connectivity index (χ0) is 17.7. The van der Waals surface area contributed by atoms with E-state index in [-0.39, 0.29) is 11.5 Å². The highest BCUT2D eigenvalue weighted by Crippen LogP contribution is 2.26. The van der Waals surface area contributed by atoms with E-state index in [4.69, 9.17) is 4.74 Å². The number of aromatic nitrogens is 2. The first kappa shape index (κ1) is 17.6. The van der Waals surface area contributed by atoms with Crippen molar-refractivity contribution in [3.8, 4) is 5.69 Å². The minimum atomic E-state index is -0.193. The van der Waals surface area contributed by atoms with E-state index in [0.717, 1.165) is 38.2 Å². The van der Waals surface area contributed by atoms with Crippen LogP contribution in [-0.2, 0) is 16.1 Å². The molecular weight excluding hydrogens is 316 g/mol. The third-order valence-electron chi connectivity index (χ3n) is 5.00. The summed E-state index contributed by atoms with van der Waals surface area (Å²) in [4.78, 5) is 14.2. The number of nitrogens with one attached hydrogen (secondary N) is 1. The van der Waals surface area contributed by atoms with Gasteiger partial charge in [0.15, 0.2) is 0 Å². The summed E-state index contributed by atoms with van der Waals surface area (Å²) in [5.41, 5.74) is 2.02. The first-order chi connectivity index (χ1) is 12.1. The van der Waals surface area contributed by atoms with E-state index in [1.807, 2.05) is 29.1 Å². The molecular formula is C19H26N4O2. The molecule has 0 atom stereocenters. The molecule has 1 aliphatic rings. The number of benzene rings is 1. The number of ether oxygens (including phenoxy) is 1. The van der Waals surface area contributed by atoms with Crippen molar-refractivity contribution in [2.24, 2.45) is 0 Å². The van der Waals surface area contributed by atoms with Crippen LogP contribution in [0.1, 0.15) is 24.8 Å². The predicted octanol–water partition coefficient (Wildman–Crippen LogP) is 1.99. The number of hydrogen-bond acceptors (Lipinski definition) is 5. The van der Waals surface area contributed by atoms with E-state index in [1.54, 1.807) is 6.20 Å². The second-order valence-corrected chi connectivity index (χ2v) is 6.81. The molecule has 6 nitrogen and oxygen atoms in total. The summed E-state index contributed by atoms with van der Waals surface area (Å²) in [5.74, 6) is -0.151.